The van der Waals surface area contributed by atoms with Gasteiger partial charge in [-0.25, -0.2) is 9.78 Å². The number of anilines is 2. The maximum Gasteiger partial charge on any atom is 0.326 e. The molecule has 0 aliphatic heterocycles. The number of benzene rings is 1. The number of carbonyl (C=O) groups is 3. The molecule has 0 bridgehead atoms. The van der Waals surface area contributed by atoms with Crippen LogP contribution < -0.4 is 21.9 Å². The zero-order valence-electron chi connectivity index (χ0n) is 20.2. The van der Waals surface area contributed by atoms with Crippen LogP contribution in [0.2, 0.25) is 0 Å². The molecule has 0 saturated carbocycles. The van der Waals surface area contributed by atoms with Gasteiger partial charge >= 0.3 is 5.97 Å². The van der Waals surface area contributed by atoms with Gasteiger partial charge < -0.3 is 26.5 Å². The summed E-state index contributed by atoms with van der Waals surface area (Å²) in [6, 6.07) is 6.84. The monoisotopic (exact) mass is 494 g/mol. The molecule has 3 aromatic rings. The van der Waals surface area contributed by atoms with Crippen LogP contribution in [0.15, 0.2) is 41.3 Å². The lowest BCUT2D eigenvalue weighted by Crippen LogP contribution is -2.41. The minimum absolute atomic E-state index is 0.00221. The molecule has 1 amide bonds. The summed E-state index contributed by atoms with van der Waals surface area (Å²) in [5, 5.41) is 15.1. The highest BCUT2D eigenvalue weighted by atomic mass is 16.4. The number of carboxylic acids is 1. The lowest BCUT2D eigenvalue weighted by Gasteiger charge is -2.16. The van der Waals surface area contributed by atoms with Crippen LogP contribution >= 0.6 is 0 Å². The molecule has 3 rings (SSSR count). The van der Waals surface area contributed by atoms with Crippen molar-refractivity contribution >= 4 is 40.2 Å². The van der Waals surface area contributed by atoms with Gasteiger partial charge in [0.15, 0.2) is 5.52 Å². The van der Waals surface area contributed by atoms with Crippen LogP contribution in [0.3, 0.4) is 0 Å². The maximum absolute atomic E-state index is 12.6. The largest absolute Gasteiger partial charge is 0.480 e. The second kappa shape index (κ2) is 11.9. The molecule has 36 heavy (non-hydrogen) atoms. The molecule has 1 unspecified atom stereocenters. The van der Waals surface area contributed by atoms with E-state index < -0.39 is 23.5 Å². The van der Waals surface area contributed by atoms with Crippen molar-refractivity contribution in [2.24, 2.45) is 5.92 Å². The summed E-state index contributed by atoms with van der Waals surface area (Å²) in [4.78, 5) is 59.4. The van der Waals surface area contributed by atoms with Gasteiger partial charge in [-0.1, -0.05) is 20.3 Å². The van der Waals surface area contributed by atoms with Gasteiger partial charge in [0.05, 0.1) is 24.0 Å². The van der Waals surface area contributed by atoms with Crippen molar-refractivity contribution in [1.82, 2.24) is 20.3 Å². The van der Waals surface area contributed by atoms with Crippen molar-refractivity contribution < 1.29 is 19.5 Å². The van der Waals surface area contributed by atoms with Gasteiger partial charge in [0, 0.05) is 29.7 Å². The summed E-state index contributed by atoms with van der Waals surface area (Å²) in [5.74, 6) is -1.64. The molecule has 1 aromatic carbocycles. The first-order chi connectivity index (χ1) is 17.2. The lowest BCUT2D eigenvalue weighted by atomic mass is 9.96. The molecule has 0 aliphatic rings. The molecule has 2 atom stereocenters. The second-order valence-electron chi connectivity index (χ2n) is 8.64. The second-order valence-corrected chi connectivity index (χ2v) is 8.64. The molecular weight excluding hydrogens is 464 g/mol. The number of nitrogens with zero attached hydrogens (tertiary/aromatic N) is 2. The van der Waals surface area contributed by atoms with E-state index in [-0.39, 0.29) is 48.0 Å². The number of aromatic amines is 1. The van der Waals surface area contributed by atoms with Gasteiger partial charge in [-0.2, -0.15) is 0 Å². The van der Waals surface area contributed by atoms with E-state index in [0.717, 1.165) is 12.8 Å². The van der Waals surface area contributed by atoms with Crippen molar-refractivity contribution in [2.45, 2.75) is 52.1 Å². The number of aliphatic carboxylic acids is 1. The predicted octanol–water partition coefficient (Wildman–Crippen LogP) is 2.48. The molecule has 11 nitrogen and oxygen atoms in total. The fourth-order valence-electron chi connectivity index (χ4n) is 3.72. The molecule has 2 heterocycles. The number of hydrogen-bond donors (Lipinski definition) is 5. The van der Waals surface area contributed by atoms with Gasteiger partial charge in [-0.15, -0.1) is 0 Å². The van der Waals surface area contributed by atoms with E-state index >= 15 is 0 Å². The number of nitrogens with one attached hydrogen (secondary N) is 3. The highest BCUT2D eigenvalue weighted by molar-refractivity contribution is 5.97. The first kappa shape index (κ1) is 26.3. The number of Topliss-reactive ketones (excluding diaryl/α,β-unsaturated/α-hetero) is 1. The number of aromatic nitrogens is 3. The van der Waals surface area contributed by atoms with Gasteiger partial charge in [0.2, 0.25) is 0 Å². The zero-order valence-corrected chi connectivity index (χ0v) is 20.2. The number of H-pyrrole nitrogens is 1. The Morgan fingerprint density at radius 2 is 1.89 bits per heavy atom. The summed E-state index contributed by atoms with van der Waals surface area (Å²) in [7, 11) is 0. The van der Waals surface area contributed by atoms with Crippen LogP contribution in [0.1, 0.15) is 55.6 Å². The number of ketones is 1. The third-order valence-electron chi connectivity index (χ3n) is 5.79. The average molecular weight is 495 g/mol. The summed E-state index contributed by atoms with van der Waals surface area (Å²) in [5.41, 5.74) is 7.28. The van der Waals surface area contributed by atoms with Crippen molar-refractivity contribution in [3.8, 4) is 0 Å². The number of pyridine rings is 1. The number of hydrogen-bond acceptors (Lipinski definition) is 8. The van der Waals surface area contributed by atoms with Crippen LogP contribution in [0.25, 0.3) is 11.0 Å². The smallest absolute Gasteiger partial charge is 0.326 e. The number of amides is 1. The van der Waals surface area contributed by atoms with Crippen molar-refractivity contribution in [1.29, 1.82) is 0 Å². The summed E-state index contributed by atoms with van der Waals surface area (Å²) in [6.07, 6.45) is 3.30. The Bertz CT molecular complexity index is 1300. The minimum atomic E-state index is -1.18. The number of fused-ring (bicyclic) bond motifs is 1. The van der Waals surface area contributed by atoms with Crippen LogP contribution in [-0.2, 0) is 16.1 Å². The van der Waals surface area contributed by atoms with Crippen molar-refractivity contribution in [2.75, 3.05) is 11.1 Å². The number of carbonyl (C=O) groups excluding carboxylic acids is 2. The van der Waals surface area contributed by atoms with Gasteiger partial charge in [-0.05, 0) is 37.1 Å². The SMILES string of the molecule is CCCC(C)C(=O)CC[C@H](NC(=O)c1ccc(NCc2cnc3cc(N)[nH]c(=O)c3n2)cc1)C(=O)O. The standard InChI is InChI=1S/C25H30N6O5/c1-3-4-14(2)20(32)10-9-18(25(35)36)30-23(33)15-5-7-16(8-6-15)27-12-17-13-28-19-11-21(26)31-24(34)22(19)29-17/h5-8,11,13-14,18,27H,3-4,9-10,12H2,1-2H3,(H,30,33)(H,35,36)(H3,26,31,34)/t14?,18-/m0/s1. The Morgan fingerprint density at radius 3 is 2.56 bits per heavy atom. The van der Waals surface area contributed by atoms with Crippen LogP contribution in [0.5, 0.6) is 0 Å². The zero-order chi connectivity index (χ0) is 26.2. The molecule has 0 saturated heterocycles. The summed E-state index contributed by atoms with van der Waals surface area (Å²) < 4.78 is 0. The number of carboxylic acid groups (broad SMARTS) is 1. The molecular formula is C25H30N6O5. The Hall–Kier alpha value is -4.28. The van der Waals surface area contributed by atoms with E-state index in [1.54, 1.807) is 24.3 Å². The maximum atomic E-state index is 12.6. The summed E-state index contributed by atoms with van der Waals surface area (Å²) in [6.45, 7) is 4.10. The minimum Gasteiger partial charge on any atom is -0.480 e. The molecule has 2 aromatic heterocycles. The Balaban J connectivity index is 1.57. The molecule has 0 fully saturated rings. The number of rotatable bonds is 12. The van der Waals surface area contributed by atoms with Crippen LogP contribution in [0.4, 0.5) is 11.5 Å². The highest BCUT2D eigenvalue weighted by Gasteiger charge is 2.23. The molecule has 0 spiro atoms. The Labute approximate surface area is 207 Å². The normalized spacial score (nSPS) is 12.6. The molecule has 0 radical (unpaired) electrons. The quantitative estimate of drug-likeness (QED) is 0.253. The molecule has 190 valence electrons. The van der Waals surface area contributed by atoms with E-state index in [1.807, 2.05) is 13.8 Å². The average Bonchev–Trinajstić information content (AvgIpc) is 2.85. The van der Waals surface area contributed by atoms with E-state index in [1.165, 1.54) is 12.3 Å². The molecule has 0 aliphatic carbocycles. The Morgan fingerprint density at radius 1 is 1.17 bits per heavy atom. The van der Waals surface area contributed by atoms with Crippen LogP contribution in [-0.4, -0.2) is 43.8 Å². The number of nitrogens with two attached hydrogens (primary N) is 1. The Kier molecular flexibility index (Phi) is 8.71. The molecule has 11 heteroatoms. The third-order valence-corrected chi connectivity index (χ3v) is 5.79. The van der Waals surface area contributed by atoms with Crippen molar-refractivity contribution in [3.63, 3.8) is 0 Å². The first-order valence-electron chi connectivity index (χ1n) is 11.7. The summed E-state index contributed by atoms with van der Waals surface area (Å²) >= 11 is 0. The topological polar surface area (TPSA) is 180 Å². The van der Waals surface area contributed by atoms with E-state index in [9.17, 15) is 24.3 Å². The van der Waals surface area contributed by atoms with Gasteiger partial charge in [0.1, 0.15) is 17.6 Å². The fourth-order valence-corrected chi connectivity index (χ4v) is 3.72. The number of nitrogen functional groups attached to an aromatic ring is 1. The highest BCUT2D eigenvalue weighted by Crippen LogP contribution is 2.14. The van der Waals surface area contributed by atoms with E-state index in [2.05, 4.69) is 25.6 Å². The third kappa shape index (κ3) is 6.87. The predicted molar refractivity (Wildman–Crippen MR) is 136 cm³/mol. The fraction of sp³-hybridized carbons (Fsp3) is 0.360. The van der Waals surface area contributed by atoms with Gasteiger partial charge in [-0.3, -0.25) is 19.4 Å². The van der Waals surface area contributed by atoms with E-state index in [4.69, 9.17) is 5.73 Å². The van der Waals surface area contributed by atoms with Crippen molar-refractivity contribution in [3.05, 3.63) is 58.1 Å². The van der Waals surface area contributed by atoms with E-state index in [0.29, 0.717) is 16.9 Å². The van der Waals surface area contributed by atoms with Crippen LogP contribution in [0, 0.1) is 5.92 Å². The lowest BCUT2D eigenvalue weighted by molar-refractivity contribution is -0.139. The first-order valence-corrected chi connectivity index (χ1v) is 11.7. The van der Waals surface area contributed by atoms with Gasteiger partial charge in [0.25, 0.3) is 11.5 Å². The molecule has 6 N–H and O–H groups in total.